The van der Waals surface area contributed by atoms with E-state index < -0.39 is 0 Å². The second-order valence-electron chi connectivity index (χ2n) is 5.62. The first-order valence-corrected chi connectivity index (χ1v) is 8.81. The predicted octanol–water partition coefficient (Wildman–Crippen LogP) is 2.86. The van der Waals surface area contributed by atoms with E-state index >= 15 is 0 Å². The highest BCUT2D eigenvalue weighted by molar-refractivity contribution is 7.11. The molecule has 2 rings (SSSR count). The Kier molecular flexibility index (Phi) is 7.08. The molecule has 2 aromatic rings. The Balaban J connectivity index is 1.80. The molecule has 5 nitrogen and oxygen atoms in total. The van der Waals surface area contributed by atoms with Crippen molar-refractivity contribution in [1.29, 1.82) is 0 Å². The highest BCUT2D eigenvalue weighted by atomic mass is 32.1. The number of ether oxygens (including phenoxy) is 1. The number of nitrogens with one attached hydrogen (secondary N) is 2. The monoisotopic (exact) mass is 348 g/mol. The Morgan fingerprint density at radius 2 is 2.08 bits per heavy atom. The van der Waals surface area contributed by atoms with Gasteiger partial charge in [0, 0.05) is 34.3 Å². The quantitative estimate of drug-likeness (QED) is 0.687. The van der Waals surface area contributed by atoms with Crippen molar-refractivity contribution in [1.82, 2.24) is 10.6 Å². The molecule has 0 spiro atoms. The van der Waals surface area contributed by atoms with E-state index in [1.807, 2.05) is 31.2 Å². The van der Waals surface area contributed by atoms with Crippen molar-refractivity contribution < 1.29 is 14.6 Å². The Hall–Kier alpha value is -2.05. The van der Waals surface area contributed by atoms with Crippen LogP contribution in [-0.4, -0.2) is 30.4 Å². The molecule has 0 radical (unpaired) electrons. The number of thiophene rings is 1. The minimum atomic E-state index is -0.201. The molecular formula is C18H24N2O3S. The highest BCUT2D eigenvalue weighted by Crippen LogP contribution is 2.18. The van der Waals surface area contributed by atoms with Crippen molar-refractivity contribution in [3.63, 3.8) is 0 Å². The number of aryl methyl sites for hydroxylation is 1. The lowest BCUT2D eigenvalue weighted by atomic mass is 10.2. The fourth-order valence-electron chi connectivity index (χ4n) is 2.34. The van der Waals surface area contributed by atoms with E-state index in [1.54, 1.807) is 11.3 Å². The third-order valence-electron chi connectivity index (χ3n) is 3.44. The van der Waals surface area contributed by atoms with Gasteiger partial charge in [-0.15, -0.1) is 11.3 Å². The fourth-order valence-corrected chi connectivity index (χ4v) is 3.36. The molecule has 1 atom stereocenters. The Morgan fingerprint density at radius 1 is 1.29 bits per heavy atom. The van der Waals surface area contributed by atoms with E-state index in [-0.39, 0.29) is 25.3 Å². The molecule has 0 fully saturated rings. The maximum absolute atomic E-state index is 12.0. The molecule has 24 heavy (non-hydrogen) atoms. The van der Waals surface area contributed by atoms with Gasteiger partial charge in [-0.1, -0.05) is 18.2 Å². The Morgan fingerprint density at radius 3 is 2.79 bits per heavy atom. The molecule has 1 aromatic carbocycles. The van der Waals surface area contributed by atoms with Gasteiger partial charge < -0.3 is 20.5 Å². The van der Waals surface area contributed by atoms with Gasteiger partial charge in [0.05, 0.1) is 6.61 Å². The minimum absolute atomic E-state index is 0.0397. The molecule has 1 heterocycles. The summed E-state index contributed by atoms with van der Waals surface area (Å²) in [6.07, 6.45) is 0.822. The number of carbonyl (C=O) groups excluding carboxylic acids is 1. The van der Waals surface area contributed by atoms with Gasteiger partial charge in [0.15, 0.2) is 0 Å². The predicted molar refractivity (Wildman–Crippen MR) is 96.6 cm³/mol. The summed E-state index contributed by atoms with van der Waals surface area (Å²) < 4.78 is 5.46. The van der Waals surface area contributed by atoms with Crippen LogP contribution >= 0.6 is 11.3 Å². The van der Waals surface area contributed by atoms with Crippen molar-refractivity contribution in [3.8, 4) is 5.75 Å². The van der Waals surface area contributed by atoms with Crippen LogP contribution in [0.2, 0.25) is 0 Å². The van der Waals surface area contributed by atoms with Crippen molar-refractivity contribution >= 4 is 17.4 Å². The summed E-state index contributed by atoms with van der Waals surface area (Å²) in [7, 11) is 0. The number of aliphatic hydroxyl groups is 1. The summed E-state index contributed by atoms with van der Waals surface area (Å²) in [5, 5.41) is 14.6. The van der Waals surface area contributed by atoms with Gasteiger partial charge in [0.1, 0.15) is 12.4 Å². The average molecular weight is 348 g/mol. The topological polar surface area (TPSA) is 70.6 Å². The normalized spacial score (nSPS) is 11.8. The molecule has 0 bridgehead atoms. The minimum Gasteiger partial charge on any atom is -0.491 e. The number of benzene rings is 1. The lowest BCUT2D eigenvalue weighted by molar-refractivity contribution is 0.200. The van der Waals surface area contributed by atoms with Gasteiger partial charge >= 0.3 is 6.03 Å². The summed E-state index contributed by atoms with van der Waals surface area (Å²) in [5.74, 6) is 0.675. The van der Waals surface area contributed by atoms with Crippen LogP contribution < -0.4 is 15.4 Å². The van der Waals surface area contributed by atoms with Gasteiger partial charge in [-0.25, -0.2) is 4.79 Å². The molecule has 1 aromatic heterocycles. The SMILES string of the molecule is Cc1ccc(CC(C)NC(=O)NCc2ccccc2OCCO)s1. The van der Waals surface area contributed by atoms with Gasteiger partial charge in [-0.3, -0.25) is 0 Å². The molecule has 0 aliphatic carbocycles. The van der Waals surface area contributed by atoms with E-state index in [0.717, 1.165) is 12.0 Å². The summed E-state index contributed by atoms with van der Waals surface area (Å²) in [6, 6.07) is 11.5. The average Bonchev–Trinajstić information content (AvgIpc) is 2.96. The van der Waals surface area contributed by atoms with Crippen molar-refractivity contribution in [2.45, 2.75) is 32.9 Å². The number of rotatable bonds is 8. The maximum atomic E-state index is 12.0. The standard InChI is InChI=1S/C18H24N2O3S/c1-13(11-16-8-7-14(2)24-16)20-18(22)19-12-15-5-3-4-6-17(15)23-10-9-21/h3-8,13,21H,9-12H2,1-2H3,(H2,19,20,22). The molecule has 6 heteroatoms. The van der Waals surface area contributed by atoms with E-state index in [1.165, 1.54) is 9.75 Å². The van der Waals surface area contributed by atoms with E-state index in [4.69, 9.17) is 9.84 Å². The zero-order chi connectivity index (χ0) is 17.4. The Bertz CT molecular complexity index is 657. The second-order valence-corrected chi connectivity index (χ2v) is 7.00. The number of urea groups is 1. The summed E-state index contributed by atoms with van der Waals surface area (Å²) in [6.45, 7) is 4.64. The van der Waals surface area contributed by atoms with Gasteiger partial charge in [-0.2, -0.15) is 0 Å². The lowest BCUT2D eigenvalue weighted by Gasteiger charge is -2.15. The number of amides is 2. The van der Waals surface area contributed by atoms with E-state index in [0.29, 0.717) is 12.3 Å². The Labute approximate surface area is 146 Å². The van der Waals surface area contributed by atoms with E-state index in [9.17, 15) is 4.79 Å². The third-order valence-corrected chi connectivity index (χ3v) is 4.46. The lowest BCUT2D eigenvalue weighted by Crippen LogP contribution is -2.41. The first kappa shape index (κ1) is 18.3. The smallest absolute Gasteiger partial charge is 0.315 e. The largest absolute Gasteiger partial charge is 0.491 e. The van der Waals surface area contributed by atoms with Crippen LogP contribution in [0.5, 0.6) is 5.75 Å². The second kappa shape index (κ2) is 9.30. The number of carbonyl (C=O) groups is 1. The summed E-state index contributed by atoms with van der Waals surface area (Å²) in [5.41, 5.74) is 0.877. The molecule has 2 amide bonds. The van der Waals surface area contributed by atoms with Crippen LogP contribution in [0.4, 0.5) is 4.79 Å². The van der Waals surface area contributed by atoms with Crippen molar-refractivity contribution in [3.05, 3.63) is 51.7 Å². The van der Waals surface area contributed by atoms with Crippen molar-refractivity contribution in [2.75, 3.05) is 13.2 Å². The molecule has 1 unspecified atom stereocenters. The summed E-state index contributed by atoms with van der Waals surface area (Å²) in [4.78, 5) is 14.6. The fraction of sp³-hybridized carbons (Fsp3) is 0.389. The number of para-hydroxylation sites is 1. The van der Waals surface area contributed by atoms with Crippen LogP contribution in [0, 0.1) is 6.92 Å². The van der Waals surface area contributed by atoms with E-state index in [2.05, 4.69) is 29.7 Å². The first-order valence-electron chi connectivity index (χ1n) is 7.99. The van der Waals surface area contributed by atoms with Crippen LogP contribution in [0.1, 0.15) is 22.2 Å². The third kappa shape index (κ3) is 5.86. The van der Waals surface area contributed by atoms with Gasteiger partial charge in [-0.05, 0) is 32.0 Å². The van der Waals surface area contributed by atoms with Crippen LogP contribution in [0.25, 0.3) is 0 Å². The van der Waals surface area contributed by atoms with Crippen LogP contribution in [0.15, 0.2) is 36.4 Å². The molecule has 130 valence electrons. The number of aliphatic hydroxyl groups excluding tert-OH is 1. The summed E-state index contributed by atoms with van der Waals surface area (Å²) >= 11 is 1.75. The zero-order valence-electron chi connectivity index (χ0n) is 14.0. The number of hydrogen-bond acceptors (Lipinski definition) is 4. The molecule has 0 saturated carbocycles. The van der Waals surface area contributed by atoms with Gasteiger partial charge in [0.2, 0.25) is 0 Å². The van der Waals surface area contributed by atoms with Crippen LogP contribution in [-0.2, 0) is 13.0 Å². The number of hydrogen-bond donors (Lipinski definition) is 3. The zero-order valence-corrected chi connectivity index (χ0v) is 14.9. The molecule has 0 aliphatic heterocycles. The van der Waals surface area contributed by atoms with Crippen molar-refractivity contribution in [2.24, 2.45) is 0 Å². The van der Waals surface area contributed by atoms with Gasteiger partial charge in [0.25, 0.3) is 0 Å². The first-order chi connectivity index (χ1) is 11.6. The van der Waals surface area contributed by atoms with Crippen LogP contribution in [0.3, 0.4) is 0 Å². The maximum Gasteiger partial charge on any atom is 0.315 e. The molecule has 0 aliphatic rings. The molecule has 0 saturated heterocycles. The molecular weight excluding hydrogens is 324 g/mol. The highest BCUT2D eigenvalue weighted by Gasteiger charge is 2.10. The molecule has 3 N–H and O–H groups in total.